The maximum Gasteiger partial charge on any atom is 0.278 e. The van der Waals surface area contributed by atoms with E-state index >= 15 is 0 Å². The number of nitrogens with zero attached hydrogens (tertiary/aromatic N) is 1. The van der Waals surface area contributed by atoms with Crippen LogP contribution in [0.25, 0.3) is 0 Å². The minimum absolute atomic E-state index is 0.0389. The molecule has 1 N–H and O–H groups in total. The highest BCUT2D eigenvalue weighted by Gasteiger charge is 2.20. The number of carbonyl (C=O) groups excluding carboxylic acids is 2. The zero-order valence-corrected chi connectivity index (χ0v) is 15.8. The Morgan fingerprint density at radius 3 is 2.29 bits per heavy atom. The second-order valence-electron chi connectivity index (χ2n) is 6.12. The highest BCUT2D eigenvalue weighted by Crippen LogP contribution is 2.21. The Morgan fingerprint density at radius 1 is 1.04 bits per heavy atom. The van der Waals surface area contributed by atoms with Gasteiger partial charge in [0.2, 0.25) is 0 Å². The first-order chi connectivity index (χ1) is 13.5. The van der Waals surface area contributed by atoms with Crippen molar-refractivity contribution in [1.29, 1.82) is 0 Å². The molecule has 0 aliphatic carbocycles. The number of rotatable bonds is 7. The molecule has 2 aromatic carbocycles. The van der Waals surface area contributed by atoms with Gasteiger partial charge in [-0.1, -0.05) is 5.16 Å². The van der Waals surface area contributed by atoms with Crippen molar-refractivity contribution in [3.05, 3.63) is 71.1 Å². The van der Waals surface area contributed by atoms with Crippen LogP contribution in [0, 0.1) is 6.92 Å². The molecule has 0 radical (unpaired) electrons. The lowest BCUT2D eigenvalue weighted by atomic mass is 10.1. The van der Waals surface area contributed by atoms with Gasteiger partial charge in [0.1, 0.15) is 23.9 Å². The van der Waals surface area contributed by atoms with Crippen molar-refractivity contribution >= 4 is 17.4 Å². The van der Waals surface area contributed by atoms with E-state index < -0.39 is 5.91 Å². The van der Waals surface area contributed by atoms with Gasteiger partial charge in [-0.05, 0) is 62.4 Å². The van der Waals surface area contributed by atoms with E-state index in [0.717, 1.165) is 5.75 Å². The van der Waals surface area contributed by atoms with Crippen LogP contribution in [0.15, 0.2) is 53.1 Å². The second kappa shape index (κ2) is 8.39. The van der Waals surface area contributed by atoms with Gasteiger partial charge in [-0.3, -0.25) is 9.59 Å². The number of hydrogen-bond acceptors (Lipinski definition) is 6. The van der Waals surface area contributed by atoms with Gasteiger partial charge < -0.3 is 19.3 Å². The number of aryl methyl sites for hydroxylation is 1. The number of anilines is 1. The van der Waals surface area contributed by atoms with E-state index in [1.165, 1.54) is 6.92 Å². The van der Waals surface area contributed by atoms with Crippen molar-refractivity contribution in [3.8, 4) is 11.5 Å². The lowest BCUT2D eigenvalue weighted by Crippen LogP contribution is -2.15. The molecule has 0 fully saturated rings. The van der Waals surface area contributed by atoms with Crippen LogP contribution in [0.2, 0.25) is 0 Å². The Morgan fingerprint density at radius 2 is 1.68 bits per heavy atom. The van der Waals surface area contributed by atoms with E-state index in [1.54, 1.807) is 62.6 Å². The van der Waals surface area contributed by atoms with E-state index in [0.29, 0.717) is 28.3 Å². The molecule has 1 heterocycles. The molecule has 0 spiro atoms. The molecule has 0 saturated carbocycles. The van der Waals surface area contributed by atoms with E-state index in [-0.39, 0.29) is 18.1 Å². The van der Waals surface area contributed by atoms with Crippen molar-refractivity contribution in [3.63, 3.8) is 0 Å². The smallest absolute Gasteiger partial charge is 0.278 e. The maximum atomic E-state index is 12.6. The normalized spacial score (nSPS) is 10.4. The summed E-state index contributed by atoms with van der Waals surface area (Å²) in [6.45, 7) is 3.34. The minimum Gasteiger partial charge on any atom is -0.497 e. The predicted molar refractivity (Wildman–Crippen MR) is 103 cm³/mol. The summed E-state index contributed by atoms with van der Waals surface area (Å²) >= 11 is 0. The summed E-state index contributed by atoms with van der Waals surface area (Å²) in [6, 6.07) is 13.8. The zero-order valence-electron chi connectivity index (χ0n) is 15.8. The number of aromatic nitrogens is 1. The molecule has 1 amide bonds. The molecule has 7 nitrogen and oxygen atoms in total. The summed E-state index contributed by atoms with van der Waals surface area (Å²) in [4.78, 5) is 23.9. The molecule has 3 rings (SSSR count). The van der Waals surface area contributed by atoms with Crippen molar-refractivity contribution in [2.45, 2.75) is 20.5 Å². The molecule has 0 unspecified atom stereocenters. The first-order valence-electron chi connectivity index (χ1n) is 8.62. The summed E-state index contributed by atoms with van der Waals surface area (Å²) in [5, 5.41) is 6.60. The molecule has 28 heavy (non-hydrogen) atoms. The fourth-order valence-corrected chi connectivity index (χ4v) is 2.55. The highest BCUT2D eigenvalue weighted by molar-refractivity contribution is 6.04. The molecule has 0 aliphatic rings. The summed E-state index contributed by atoms with van der Waals surface area (Å²) in [5.74, 6) is 1.41. The van der Waals surface area contributed by atoms with Gasteiger partial charge in [0.25, 0.3) is 5.91 Å². The molecule has 144 valence electrons. The summed E-state index contributed by atoms with van der Waals surface area (Å²) in [6.07, 6.45) is 0. The van der Waals surface area contributed by atoms with E-state index in [2.05, 4.69) is 10.5 Å². The van der Waals surface area contributed by atoms with Crippen molar-refractivity contribution in [1.82, 2.24) is 5.16 Å². The van der Waals surface area contributed by atoms with Gasteiger partial charge in [0, 0.05) is 11.3 Å². The Hall–Kier alpha value is -3.61. The molecule has 0 bridgehead atoms. The standard InChI is InChI=1S/C21H20N2O5/c1-13(24)15-4-6-16(7-5-15)22-21(25)20-19(14(2)28-23-20)12-27-18-10-8-17(26-3)9-11-18/h4-11H,12H2,1-3H3,(H,22,25). The second-order valence-corrected chi connectivity index (χ2v) is 6.12. The SMILES string of the molecule is COc1ccc(OCc2c(C(=O)Nc3ccc(C(C)=O)cc3)noc2C)cc1. The lowest BCUT2D eigenvalue weighted by Gasteiger charge is -2.08. The third-order valence-electron chi connectivity index (χ3n) is 4.19. The minimum atomic E-state index is -0.416. The van der Waals surface area contributed by atoms with E-state index in [4.69, 9.17) is 14.0 Å². The van der Waals surface area contributed by atoms with Crippen molar-refractivity contribution in [2.75, 3.05) is 12.4 Å². The molecule has 1 aromatic heterocycles. The van der Waals surface area contributed by atoms with Crippen LogP contribution in [-0.2, 0) is 6.61 Å². The van der Waals surface area contributed by atoms with Crippen LogP contribution in [0.3, 0.4) is 0 Å². The number of Topliss-reactive ketones (excluding diaryl/α,β-unsaturated/α-hetero) is 1. The van der Waals surface area contributed by atoms with Crippen molar-refractivity contribution in [2.24, 2.45) is 0 Å². The first kappa shape index (κ1) is 19.2. The van der Waals surface area contributed by atoms with Crippen LogP contribution in [0.1, 0.15) is 39.1 Å². The van der Waals surface area contributed by atoms with Crippen LogP contribution >= 0.6 is 0 Å². The van der Waals surface area contributed by atoms with E-state index in [1.807, 2.05) is 0 Å². The molecular weight excluding hydrogens is 360 g/mol. The zero-order chi connectivity index (χ0) is 20.1. The average Bonchev–Trinajstić information content (AvgIpc) is 3.07. The van der Waals surface area contributed by atoms with E-state index in [9.17, 15) is 9.59 Å². The molecule has 0 atom stereocenters. The number of ether oxygens (including phenoxy) is 2. The third-order valence-corrected chi connectivity index (χ3v) is 4.19. The number of hydrogen-bond donors (Lipinski definition) is 1. The third kappa shape index (κ3) is 4.37. The Balaban J connectivity index is 1.70. The number of carbonyl (C=O) groups is 2. The summed E-state index contributed by atoms with van der Waals surface area (Å²) in [5.41, 5.74) is 1.84. The Kier molecular flexibility index (Phi) is 5.74. The van der Waals surface area contributed by atoms with Crippen LogP contribution in [-0.4, -0.2) is 24.0 Å². The average molecular weight is 380 g/mol. The molecule has 0 aliphatic heterocycles. The van der Waals surface area contributed by atoms with Gasteiger partial charge in [0.15, 0.2) is 11.5 Å². The van der Waals surface area contributed by atoms with Crippen LogP contribution in [0.4, 0.5) is 5.69 Å². The summed E-state index contributed by atoms with van der Waals surface area (Å²) in [7, 11) is 1.59. The van der Waals surface area contributed by atoms with Gasteiger partial charge in [-0.2, -0.15) is 0 Å². The van der Waals surface area contributed by atoms with Gasteiger partial charge >= 0.3 is 0 Å². The monoisotopic (exact) mass is 380 g/mol. The molecule has 0 saturated heterocycles. The molecular formula is C21H20N2O5. The number of amides is 1. The fraction of sp³-hybridized carbons (Fsp3) is 0.190. The predicted octanol–water partition coefficient (Wildman–Crippen LogP) is 4.03. The van der Waals surface area contributed by atoms with Gasteiger partial charge in [-0.15, -0.1) is 0 Å². The largest absolute Gasteiger partial charge is 0.497 e. The number of ketones is 1. The van der Waals surface area contributed by atoms with Crippen LogP contribution in [0.5, 0.6) is 11.5 Å². The number of benzene rings is 2. The highest BCUT2D eigenvalue weighted by atomic mass is 16.5. The molecule has 3 aromatic rings. The first-order valence-corrected chi connectivity index (χ1v) is 8.62. The fourth-order valence-electron chi connectivity index (χ4n) is 2.55. The lowest BCUT2D eigenvalue weighted by molar-refractivity contribution is 0.101. The number of nitrogens with one attached hydrogen (secondary N) is 1. The van der Waals surface area contributed by atoms with Gasteiger partial charge in [-0.25, -0.2) is 0 Å². The van der Waals surface area contributed by atoms with Crippen LogP contribution < -0.4 is 14.8 Å². The topological polar surface area (TPSA) is 90.7 Å². The van der Waals surface area contributed by atoms with Gasteiger partial charge in [0.05, 0.1) is 12.7 Å². The van der Waals surface area contributed by atoms with Crippen molar-refractivity contribution < 1.29 is 23.6 Å². The Bertz CT molecular complexity index is 975. The summed E-state index contributed by atoms with van der Waals surface area (Å²) < 4.78 is 16.0. The molecule has 7 heteroatoms. The maximum absolute atomic E-state index is 12.6. The number of methoxy groups -OCH3 is 1. The Labute approximate surface area is 162 Å². The quantitative estimate of drug-likeness (QED) is 0.623.